The zero-order valence-corrected chi connectivity index (χ0v) is 11.1. The minimum atomic E-state index is -3.03. The van der Waals surface area contributed by atoms with Crippen molar-refractivity contribution in [1.29, 1.82) is 0 Å². The van der Waals surface area contributed by atoms with Crippen molar-refractivity contribution in [3.63, 3.8) is 0 Å². The van der Waals surface area contributed by atoms with Gasteiger partial charge in [-0.15, -0.1) is 0 Å². The van der Waals surface area contributed by atoms with Crippen molar-refractivity contribution in [3.8, 4) is 0 Å². The summed E-state index contributed by atoms with van der Waals surface area (Å²) in [5.41, 5.74) is 0. The average Bonchev–Trinajstić information content (AvgIpc) is 2.95. The molecule has 0 aromatic rings. The fourth-order valence-electron chi connectivity index (χ4n) is 1.85. The molecule has 0 spiro atoms. The van der Waals surface area contributed by atoms with Crippen LogP contribution in [0.5, 0.6) is 0 Å². The van der Waals surface area contributed by atoms with E-state index in [0.717, 1.165) is 38.8 Å². The summed E-state index contributed by atoms with van der Waals surface area (Å²) in [6.07, 6.45) is 3.77. The molecule has 0 bridgehead atoms. The summed E-state index contributed by atoms with van der Waals surface area (Å²) in [4.78, 5) is 0. The molecule has 4 nitrogen and oxygen atoms in total. The Bertz CT molecular complexity index is 290. The van der Waals surface area contributed by atoms with Gasteiger partial charge < -0.3 is 5.32 Å². The lowest BCUT2D eigenvalue weighted by Crippen LogP contribution is -2.29. The molecule has 1 saturated carbocycles. The van der Waals surface area contributed by atoms with Crippen LogP contribution in [0, 0.1) is 5.92 Å². The number of hydrogen-bond donors (Lipinski definition) is 2. The van der Waals surface area contributed by atoms with Gasteiger partial charge in [0.05, 0.1) is 5.75 Å². The highest BCUT2D eigenvalue weighted by Crippen LogP contribution is 2.33. The Morgan fingerprint density at radius 2 is 2.00 bits per heavy atom. The van der Waals surface area contributed by atoms with E-state index in [1.165, 1.54) is 0 Å². The van der Waals surface area contributed by atoms with Crippen molar-refractivity contribution in [2.24, 2.45) is 5.92 Å². The molecule has 0 amide bonds. The molecule has 1 rings (SSSR count). The highest BCUT2D eigenvalue weighted by atomic mass is 32.2. The summed E-state index contributed by atoms with van der Waals surface area (Å²) >= 11 is 0. The highest BCUT2D eigenvalue weighted by Gasteiger charge is 2.37. The van der Waals surface area contributed by atoms with Gasteiger partial charge in [-0.05, 0) is 38.3 Å². The summed E-state index contributed by atoms with van der Waals surface area (Å²) < 4.78 is 26.1. The topological polar surface area (TPSA) is 58.2 Å². The van der Waals surface area contributed by atoms with E-state index in [2.05, 4.69) is 23.9 Å². The third kappa shape index (κ3) is 5.27. The molecule has 0 aromatic carbocycles. The van der Waals surface area contributed by atoms with Crippen LogP contribution in [-0.2, 0) is 10.0 Å². The van der Waals surface area contributed by atoms with Crippen LogP contribution >= 0.6 is 0 Å². The number of rotatable bonds is 9. The standard InChI is InChI=1S/C11H24N2O2S/c1-3-10-9-11(10)13-16(14,15)8-6-5-7-12-4-2/h10-13H,3-9H2,1-2H3. The molecule has 0 aliphatic heterocycles. The third-order valence-electron chi connectivity index (χ3n) is 3.04. The van der Waals surface area contributed by atoms with Crippen LogP contribution in [0.2, 0.25) is 0 Å². The molecule has 0 saturated heterocycles. The summed E-state index contributed by atoms with van der Waals surface area (Å²) in [6, 6.07) is 0.226. The van der Waals surface area contributed by atoms with Crippen molar-refractivity contribution in [2.75, 3.05) is 18.8 Å². The first-order valence-electron chi connectivity index (χ1n) is 6.29. The Morgan fingerprint density at radius 1 is 1.25 bits per heavy atom. The van der Waals surface area contributed by atoms with Gasteiger partial charge in [0.2, 0.25) is 10.0 Å². The van der Waals surface area contributed by atoms with E-state index in [4.69, 9.17) is 0 Å². The zero-order valence-electron chi connectivity index (χ0n) is 10.3. The van der Waals surface area contributed by atoms with Crippen LogP contribution in [0.25, 0.3) is 0 Å². The van der Waals surface area contributed by atoms with Crippen molar-refractivity contribution >= 4 is 10.0 Å². The molecule has 16 heavy (non-hydrogen) atoms. The van der Waals surface area contributed by atoms with Gasteiger partial charge in [-0.25, -0.2) is 13.1 Å². The van der Waals surface area contributed by atoms with Crippen LogP contribution < -0.4 is 10.0 Å². The fraction of sp³-hybridized carbons (Fsp3) is 1.00. The summed E-state index contributed by atoms with van der Waals surface area (Å²) in [7, 11) is -3.03. The first-order valence-corrected chi connectivity index (χ1v) is 7.95. The molecule has 2 atom stereocenters. The normalized spacial score (nSPS) is 24.6. The van der Waals surface area contributed by atoms with Crippen LogP contribution in [0.1, 0.15) is 39.5 Å². The maximum atomic E-state index is 11.6. The summed E-state index contributed by atoms with van der Waals surface area (Å²) in [6.45, 7) is 6.02. The van der Waals surface area contributed by atoms with Crippen molar-refractivity contribution < 1.29 is 8.42 Å². The monoisotopic (exact) mass is 248 g/mol. The minimum absolute atomic E-state index is 0.226. The van der Waals surface area contributed by atoms with E-state index in [0.29, 0.717) is 5.92 Å². The Morgan fingerprint density at radius 3 is 2.56 bits per heavy atom. The molecule has 1 fully saturated rings. The lowest BCUT2D eigenvalue weighted by molar-refractivity contribution is 0.569. The molecular weight excluding hydrogens is 224 g/mol. The van der Waals surface area contributed by atoms with Crippen molar-refractivity contribution in [1.82, 2.24) is 10.0 Å². The molecule has 1 aliphatic rings. The van der Waals surface area contributed by atoms with Crippen molar-refractivity contribution in [2.45, 2.75) is 45.6 Å². The first kappa shape index (κ1) is 13.9. The SMILES string of the molecule is CCNCCCCS(=O)(=O)NC1CC1CC. The lowest BCUT2D eigenvalue weighted by atomic mass is 10.3. The second kappa shape index (κ2) is 6.57. The predicted octanol–water partition coefficient (Wildman–Crippen LogP) is 1.09. The molecule has 2 unspecified atom stereocenters. The van der Waals surface area contributed by atoms with Crippen LogP contribution in [0.4, 0.5) is 0 Å². The second-order valence-corrected chi connectivity index (χ2v) is 6.38. The largest absolute Gasteiger partial charge is 0.317 e. The Labute approximate surface area is 99.2 Å². The minimum Gasteiger partial charge on any atom is -0.317 e. The fourth-order valence-corrected chi connectivity index (χ4v) is 3.30. The second-order valence-electron chi connectivity index (χ2n) is 4.51. The summed E-state index contributed by atoms with van der Waals surface area (Å²) in [5, 5.41) is 3.19. The van der Waals surface area contributed by atoms with Gasteiger partial charge in [-0.1, -0.05) is 20.3 Å². The van der Waals surface area contributed by atoms with Crippen LogP contribution in [-0.4, -0.2) is 33.3 Å². The van der Waals surface area contributed by atoms with E-state index in [-0.39, 0.29) is 11.8 Å². The van der Waals surface area contributed by atoms with E-state index in [1.807, 2.05) is 0 Å². The van der Waals surface area contributed by atoms with Gasteiger partial charge in [0.25, 0.3) is 0 Å². The van der Waals surface area contributed by atoms with Gasteiger partial charge >= 0.3 is 0 Å². The van der Waals surface area contributed by atoms with Gasteiger partial charge in [0.15, 0.2) is 0 Å². The Balaban J connectivity index is 2.10. The molecule has 0 radical (unpaired) electrons. The molecule has 0 heterocycles. The van der Waals surface area contributed by atoms with Crippen LogP contribution in [0.15, 0.2) is 0 Å². The Hall–Kier alpha value is -0.130. The molecule has 96 valence electrons. The molecule has 1 aliphatic carbocycles. The first-order chi connectivity index (χ1) is 7.59. The van der Waals surface area contributed by atoms with Crippen molar-refractivity contribution in [3.05, 3.63) is 0 Å². The number of hydrogen-bond acceptors (Lipinski definition) is 3. The van der Waals surface area contributed by atoms with Gasteiger partial charge in [-0.3, -0.25) is 0 Å². The summed E-state index contributed by atoms with van der Waals surface area (Å²) in [5.74, 6) is 0.849. The smallest absolute Gasteiger partial charge is 0.211 e. The quantitative estimate of drug-likeness (QED) is 0.601. The van der Waals surface area contributed by atoms with Crippen LogP contribution in [0.3, 0.4) is 0 Å². The highest BCUT2D eigenvalue weighted by molar-refractivity contribution is 7.89. The van der Waals surface area contributed by atoms with E-state index < -0.39 is 10.0 Å². The van der Waals surface area contributed by atoms with Gasteiger partial charge in [0.1, 0.15) is 0 Å². The van der Waals surface area contributed by atoms with E-state index in [1.54, 1.807) is 0 Å². The molecule has 0 aromatic heterocycles. The predicted molar refractivity (Wildman–Crippen MR) is 66.9 cm³/mol. The molecular formula is C11H24N2O2S. The molecule has 5 heteroatoms. The zero-order chi connectivity index (χ0) is 12.0. The Kier molecular flexibility index (Phi) is 5.72. The number of unbranched alkanes of at least 4 members (excludes halogenated alkanes) is 1. The average molecular weight is 248 g/mol. The van der Waals surface area contributed by atoms with Gasteiger partial charge in [-0.2, -0.15) is 0 Å². The number of nitrogens with one attached hydrogen (secondary N) is 2. The third-order valence-corrected chi connectivity index (χ3v) is 4.53. The maximum absolute atomic E-state index is 11.6. The van der Waals surface area contributed by atoms with E-state index >= 15 is 0 Å². The number of sulfonamides is 1. The maximum Gasteiger partial charge on any atom is 0.211 e. The lowest BCUT2D eigenvalue weighted by Gasteiger charge is -2.06. The van der Waals surface area contributed by atoms with Gasteiger partial charge in [0, 0.05) is 6.04 Å². The van der Waals surface area contributed by atoms with E-state index in [9.17, 15) is 8.42 Å². The molecule has 2 N–H and O–H groups in total.